The Morgan fingerprint density at radius 1 is 1.56 bits per heavy atom. The van der Waals surface area contributed by atoms with E-state index in [4.69, 9.17) is 10.2 Å². The van der Waals surface area contributed by atoms with E-state index in [0.717, 1.165) is 5.01 Å². The summed E-state index contributed by atoms with van der Waals surface area (Å²) in [5.74, 6) is -1.38. The molecule has 4 N–H and O–H groups in total. The van der Waals surface area contributed by atoms with E-state index >= 15 is 0 Å². The predicted octanol–water partition coefficient (Wildman–Crippen LogP) is 0.123. The molecule has 0 radical (unpaired) electrons. The zero-order valence-corrected chi connectivity index (χ0v) is 10.8. The average molecular weight is 273 g/mol. The Bertz CT molecular complexity index is 419. The van der Waals surface area contributed by atoms with Crippen LogP contribution in [-0.4, -0.2) is 39.8 Å². The number of hydrogen-bond donors (Lipinski definition) is 4. The Hall–Kier alpha value is -1.67. The van der Waals surface area contributed by atoms with Gasteiger partial charge < -0.3 is 20.8 Å². The molecule has 1 unspecified atom stereocenters. The van der Waals surface area contributed by atoms with Gasteiger partial charge in [-0.1, -0.05) is 0 Å². The molecule has 2 amide bonds. The van der Waals surface area contributed by atoms with Gasteiger partial charge in [0.05, 0.1) is 12.1 Å². The third-order valence-corrected chi connectivity index (χ3v) is 3.23. The fraction of sp³-hybridized carbons (Fsp3) is 0.500. The molecule has 0 aromatic carbocycles. The van der Waals surface area contributed by atoms with Crippen LogP contribution in [0.15, 0.2) is 11.6 Å². The molecule has 18 heavy (non-hydrogen) atoms. The van der Waals surface area contributed by atoms with E-state index in [2.05, 4.69) is 15.6 Å². The lowest BCUT2D eigenvalue weighted by atomic mass is 10.1. The van der Waals surface area contributed by atoms with E-state index in [1.54, 1.807) is 25.4 Å². The van der Waals surface area contributed by atoms with Gasteiger partial charge >= 0.3 is 12.0 Å². The predicted molar refractivity (Wildman–Crippen MR) is 65.3 cm³/mol. The third-order valence-electron chi connectivity index (χ3n) is 2.13. The molecule has 100 valence electrons. The van der Waals surface area contributed by atoms with E-state index in [1.807, 2.05) is 0 Å². The second kappa shape index (κ2) is 5.78. The molecule has 1 aromatic rings. The number of carbonyl (C=O) groups excluding carboxylic acids is 1. The smallest absolute Gasteiger partial charge is 0.334 e. The summed E-state index contributed by atoms with van der Waals surface area (Å²) in [7, 11) is 0. The molecule has 7 nitrogen and oxygen atoms in total. The van der Waals surface area contributed by atoms with Gasteiger partial charge in [0, 0.05) is 11.6 Å². The zero-order chi connectivity index (χ0) is 13.8. The summed E-state index contributed by atoms with van der Waals surface area (Å²) in [5, 5.41) is 24.9. The van der Waals surface area contributed by atoms with Crippen LogP contribution < -0.4 is 10.6 Å². The number of aromatic nitrogens is 1. The molecular weight excluding hydrogens is 258 g/mol. The summed E-state index contributed by atoms with van der Waals surface area (Å²) < 4.78 is 0. The number of rotatable bonds is 5. The van der Waals surface area contributed by atoms with Gasteiger partial charge in [-0.2, -0.15) is 0 Å². The molecule has 0 fully saturated rings. The number of amides is 2. The Labute approximate surface area is 108 Å². The lowest BCUT2D eigenvalue weighted by Crippen LogP contribution is -2.48. The Morgan fingerprint density at radius 3 is 2.72 bits per heavy atom. The number of carbonyl (C=O) groups is 2. The average Bonchev–Trinajstić information content (AvgIpc) is 2.78. The van der Waals surface area contributed by atoms with Crippen LogP contribution >= 0.6 is 11.3 Å². The molecule has 0 spiro atoms. The van der Waals surface area contributed by atoms with Crippen LogP contribution in [0.3, 0.4) is 0 Å². The number of aliphatic hydroxyl groups is 1. The van der Waals surface area contributed by atoms with E-state index in [9.17, 15) is 9.59 Å². The van der Waals surface area contributed by atoms with Gasteiger partial charge in [-0.15, -0.1) is 11.3 Å². The number of aliphatic carboxylic acids is 1. The lowest BCUT2D eigenvalue weighted by Gasteiger charge is -2.24. The zero-order valence-electron chi connectivity index (χ0n) is 10.0. The highest BCUT2D eigenvalue weighted by Gasteiger charge is 2.25. The molecule has 0 saturated carbocycles. The molecule has 8 heteroatoms. The maximum absolute atomic E-state index is 11.5. The largest absolute Gasteiger partial charge is 0.479 e. The highest BCUT2D eigenvalue weighted by Crippen LogP contribution is 2.21. The van der Waals surface area contributed by atoms with Gasteiger partial charge in [-0.3, -0.25) is 0 Å². The summed E-state index contributed by atoms with van der Waals surface area (Å²) in [6.07, 6.45) is 0.0221. The van der Waals surface area contributed by atoms with Crippen LogP contribution in [0.25, 0.3) is 0 Å². The lowest BCUT2D eigenvalue weighted by molar-refractivity contribution is -0.146. The second-order valence-electron chi connectivity index (χ2n) is 4.15. The van der Waals surface area contributed by atoms with Crippen molar-refractivity contribution in [3.05, 3.63) is 16.6 Å². The summed E-state index contributed by atoms with van der Waals surface area (Å²) in [4.78, 5) is 26.0. The molecule has 0 aliphatic rings. The number of nitrogens with zero attached hydrogens (tertiary/aromatic N) is 1. The molecule has 1 aromatic heterocycles. The SMILES string of the molecule is CC(C)(NC(=O)NCC(O)C(=O)O)c1nccs1. The normalized spacial score (nSPS) is 12.8. The fourth-order valence-electron chi connectivity index (χ4n) is 1.19. The minimum Gasteiger partial charge on any atom is -0.479 e. The summed E-state index contributed by atoms with van der Waals surface area (Å²) in [6, 6.07) is -0.560. The van der Waals surface area contributed by atoms with Crippen LogP contribution in [0.2, 0.25) is 0 Å². The fourth-order valence-corrected chi connectivity index (χ4v) is 1.91. The number of thiazole rings is 1. The second-order valence-corrected chi connectivity index (χ2v) is 5.05. The quantitative estimate of drug-likeness (QED) is 0.609. The first-order chi connectivity index (χ1) is 8.33. The van der Waals surface area contributed by atoms with Crippen molar-refractivity contribution < 1.29 is 19.8 Å². The van der Waals surface area contributed by atoms with Gasteiger partial charge in [0.2, 0.25) is 0 Å². The molecular formula is C10H15N3O4S. The molecule has 0 saturated heterocycles. The van der Waals surface area contributed by atoms with E-state index in [-0.39, 0.29) is 6.54 Å². The minimum absolute atomic E-state index is 0.352. The van der Waals surface area contributed by atoms with Crippen molar-refractivity contribution in [2.24, 2.45) is 0 Å². The maximum atomic E-state index is 11.5. The standard InChI is InChI=1S/C10H15N3O4S/c1-10(2,8-11-3-4-18-8)13-9(17)12-5-6(14)7(15)16/h3-4,6,14H,5H2,1-2H3,(H,15,16)(H2,12,13,17). The number of urea groups is 1. The van der Waals surface area contributed by atoms with Gasteiger partial charge in [0.15, 0.2) is 6.10 Å². The van der Waals surface area contributed by atoms with Crippen molar-refractivity contribution in [1.82, 2.24) is 15.6 Å². The number of nitrogens with one attached hydrogen (secondary N) is 2. The van der Waals surface area contributed by atoms with Gasteiger partial charge in [-0.25, -0.2) is 14.6 Å². The van der Waals surface area contributed by atoms with Gasteiger partial charge in [-0.05, 0) is 13.8 Å². The molecule has 1 atom stereocenters. The van der Waals surface area contributed by atoms with E-state index in [0.29, 0.717) is 0 Å². The van der Waals surface area contributed by atoms with Gasteiger partial charge in [0.1, 0.15) is 5.01 Å². The van der Waals surface area contributed by atoms with Crippen LogP contribution in [0, 0.1) is 0 Å². The molecule has 0 bridgehead atoms. The minimum atomic E-state index is -1.61. The van der Waals surface area contributed by atoms with Crippen molar-refractivity contribution in [2.45, 2.75) is 25.5 Å². The summed E-state index contributed by atoms with van der Waals surface area (Å²) >= 11 is 1.40. The molecule has 1 heterocycles. The van der Waals surface area contributed by atoms with Crippen molar-refractivity contribution in [3.63, 3.8) is 0 Å². The maximum Gasteiger partial charge on any atom is 0.334 e. The van der Waals surface area contributed by atoms with Crippen LogP contribution in [0.4, 0.5) is 4.79 Å². The topological polar surface area (TPSA) is 112 Å². The molecule has 0 aliphatic heterocycles. The molecule has 1 rings (SSSR count). The number of carboxylic acids is 1. The molecule has 0 aliphatic carbocycles. The number of carboxylic acid groups (broad SMARTS) is 1. The van der Waals surface area contributed by atoms with Crippen molar-refractivity contribution >= 4 is 23.3 Å². The first-order valence-electron chi connectivity index (χ1n) is 5.20. The Kier molecular flexibility index (Phi) is 4.62. The van der Waals surface area contributed by atoms with Crippen molar-refractivity contribution in [1.29, 1.82) is 0 Å². The number of aliphatic hydroxyl groups excluding tert-OH is 1. The highest BCUT2D eigenvalue weighted by atomic mass is 32.1. The first-order valence-corrected chi connectivity index (χ1v) is 6.08. The van der Waals surface area contributed by atoms with Crippen LogP contribution in [-0.2, 0) is 10.3 Å². The Morgan fingerprint density at radius 2 is 2.22 bits per heavy atom. The van der Waals surface area contributed by atoms with E-state index < -0.39 is 23.6 Å². The number of hydrogen-bond acceptors (Lipinski definition) is 5. The first kappa shape index (κ1) is 14.4. The van der Waals surface area contributed by atoms with Crippen molar-refractivity contribution in [3.8, 4) is 0 Å². The third kappa shape index (κ3) is 3.97. The van der Waals surface area contributed by atoms with Crippen LogP contribution in [0.5, 0.6) is 0 Å². The van der Waals surface area contributed by atoms with E-state index in [1.165, 1.54) is 11.3 Å². The summed E-state index contributed by atoms with van der Waals surface area (Å²) in [5.41, 5.74) is -0.660. The Balaban J connectivity index is 2.47. The van der Waals surface area contributed by atoms with Crippen molar-refractivity contribution in [2.75, 3.05) is 6.54 Å². The van der Waals surface area contributed by atoms with Gasteiger partial charge in [0.25, 0.3) is 0 Å². The monoisotopic (exact) mass is 273 g/mol. The summed E-state index contributed by atoms with van der Waals surface area (Å²) in [6.45, 7) is 3.20. The highest BCUT2D eigenvalue weighted by molar-refractivity contribution is 7.09. The van der Waals surface area contributed by atoms with Crippen LogP contribution in [0.1, 0.15) is 18.9 Å².